The van der Waals surface area contributed by atoms with Gasteiger partial charge in [0.25, 0.3) is 0 Å². The maximum Gasteiger partial charge on any atom is 0.0206 e. The van der Waals surface area contributed by atoms with Crippen molar-refractivity contribution in [1.29, 1.82) is 0 Å². The average Bonchev–Trinajstić information content (AvgIpc) is 2.30. The van der Waals surface area contributed by atoms with Gasteiger partial charge in [0.2, 0.25) is 0 Å². The van der Waals surface area contributed by atoms with E-state index in [2.05, 4.69) is 34.9 Å². The second-order valence-corrected chi connectivity index (χ2v) is 3.75. The fourth-order valence-electron chi connectivity index (χ4n) is 1.52. The van der Waals surface area contributed by atoms with E-state index in [1.807, 2.05) is 0 Å². The van der Waals surface area contributed by atoms with Crippen molar-refractivity contribution in [3.05, 3.63) is 35.4 Å². The van der Waals surface area contributed by atoms with Gasteiger partial charge >= 0.3 is 0 Å². The third kappa shape index (κ3) is 5.23. The predicted molar refractivity (Wildman–Crippen MR) is 68.0 cm³/mol. The Balaban J connectivity index is 2.37. The van der Waals surface area contributed by atoms with E-state index in [0.717, 1.165) is 26.2 Å². The second-order valence-electron chi connectivity index (χ2n) is 3.75. The first kappa shape index (κ1) is 13.1. The van der Waals surface area contributed by atoms with E-state index in [9.17, 15) is 0 Å². The van der Waals surface area contributed by atoms with Gasteiger partial charge in [0.1, 0.15) is 0 Å². The van der Waals surface area contributed by atoms with E-state index in [0.29, 0.717) is 13.1 Å². The van der Waals surface area contributed by atoms with E-state index in [1.54, 1.807) is 0 Å². The molecule has 0 unspecified atom stereocenters. The molecular weight excluding hydrogens is 200 g/mol. The molecule has 0 saturated carbocycles. The highest BCUT2D eigenvalue weighted by molar-refractivity contribution is 5.23. The molecule has 0 amide bonds. The SMILES string of the molecule is NCCNCc1cccc(CNCCN)c1. The largest absolute Gasteiger partial charge is 0.329 e. The van der Waals surface area contributed by atoms with Crippen LogP contribution in [0.2, 0.25) is 0 Å². The Labute approximate surface area is 97.4 Å². The van der Waals surface area contributed by atoms with Crippen LogP contribution in [0.15, 0.2) is 24.3 Å². The fourth-order valence-corrected chi connectivity index (χ4v) is 1.52. The molecule has 4 heteroatoms. The summed E-state index contributed by atoms with van der Waals surface area (Å²) in [6.45, 7) is 4.82. The summed E-state index contributed by atoms with van der Waals surface area (Å²) in [5, 5.41) is 6.56. The molecule has 0 aliphatic rings. The molecule has 0 radical (unpaired) electrons. The summed E-state index contributed by atoms with van der Waals surface area (Å²) < 4.78 is 0. The molecule has 0 fully saturated rings. The molecule has 1 aromatic carbocycles. The molecule has 0 aliphatic carbocycles. The van der Waals surface area contributed by atoms with Crippen molar-refractivity contribution in [2.24, 2.45) is 11.5 Å². The summed E-state index contributed by atoms with van der Waals surface area (Å²) in [5.74, 6) is 0. The zero-order chi connectivity index (χ0) is 11.6. The molecule has 0 aromatic heterocycles. The lowest BCUT2D eigenvalue weighted by Crippen LogP contribution is -2.23. The van der Waals surface area contributed by atoms with Gasteiger partial charge in [-0.25, -0.2) is 0 Å². The second kappa shape index (κ2) is 8.24. The summed E-state index contributed by atoms with van der Waals surface area (Å²) >= 11 is 0. The van der Waals surface area contributed by atoms with Crippen LogP contribution in [0.3, 0.4) is 0 Å². The zero-order valence-corrected chi connectivity index (χ0v) is 9.71. The lowest BCUT2D eigenvalue weighted by molar-refractivity contribution is 0.683. The maximum atomic E-state index is 5.42. The molecule has 1 aromatic rings. The van der Waals surface area contributed by atoms with Gasteiger partial charge in [0.15, 0.2) is 0 Å². The molecule has 0 heterocycles. The topological polar surface area (TPSA) is 76.1 Å². The van der Waals surface area contributed by atoms with Crippen molar-refractivity contribution in [2.75, 3.05) is 26.2 Å². The number of hydrogen-bond acceptors (Lipinski definition) is 4. The number of benzene rings is 1. The first-order chi connectivity index (χ1) is 7.86. The van der Waals surface area contributed by atoms with Crippen molar-refractivity contribution in [3.63, 3.8) is 0 Å². The third-order valence-electron chi connectivity index (χ3n) is 2.29. The molecule has 1 rings (SSSR count). The first-order valence-corrected chi connectivity index (χ1v) is 5.76. The Kier molecular flexibility index (Phi) is 6.76. The average molecular weight is 222 g/mol. The van der Waals surface area contributed by atoms with Crippen LogP contribution in [-0.4, -0.2) is 26.2 Å². The molecule has 0 atom stereocenters. The Hall–Kier alpha value is -0.940. The van der Waals surface area contributed by atoms with E-state index < -0.39 is 0 Å². The summed E-state index contributed by atoms with van der Waals surface area (Å²) in [4.78, 5) is 0. The number of nitrogens with one attached hydrogen (secondary N) is 2. The summed E-state index contributed by atoms with van der Waals surface area (Å²) in [6, 6.07) is 8.53. The molecule has 0 bridgehead atoms. The quantitative estimate of drug-likeness (QED) is 0.459. The van der Waals surface area contributed by atoms with Crippen LogP contribution in [0.25, 0.3) is 0 Å². The Morgan fingerprint density at radius 2 is 1.38 bits per heavy atom. The minimum atomic E-state index is 0.678. The number of nitrogens with two attached hydrogens (primary N) is 2. The highest BCUT2D eigenvalue weighted by Gasteiger charge is 1.95. The minimum Gasteiger partial charge on any atom is -0.329 e. The highest BCUT2D eigenvalue weighted by Crippen LogP contribution is 2.04. The van der Waals surface area contributed by atoms with Crippen LogP contribution < -0.4 is 22.1 Å². The summed E-state index contributed by atoms with van der Waals surface area (Å²) in [6.07, 6.45) is 0. The lowest BCUT2D eigenvalue weighted by Gasteiger charge is -2.07. The molecule has 4 nitrogen and oxygen atoms in total. The van der Waals surface area contributed by atoms with Gasteiger partial charge in [0, 0.05) is 39.3 Å². The Morgan fingerprint density at radius 3 is 1.81 bits per heavy atom. The van der Waals surface area contributed by atoms with Crippen molar-refractivity contribution >= 4 is 0 Å². The maximum absolute atomic E-state index is 5.42. The fraction of sp³-hybridized carbons (Fsp3) is 0.500. The zero-order valence-electron chi connectivity index (χ0n) is 9.71. The molecule has 0 spiro atoms. The van der Waals surface area contributed by atoms with Crippen LogP contribution >= 0.6 is 0 Å². The molecule has 90 valence electrons. The minimum absolute atomic E-state index is 0.678. The van der Waals surface area contributed by atoms with Crippen molar-refractivity contribution in [1.82, 2.24) is 10.6 Å². The van der Waals surface area contributed by atoms with Gasteiger partial charge in [0.05, 0.1) is 0 Å². The lowest BCUT2D eigenvalue weighted by atomic mass is 10.1. The third-order valence-corrected chi connectivity index (χ3v) is 2.29. The van der Waals surface area contributed by atoms with Crippen molar-refractivity contribution in [2.45, 2.75) is 13.1 Å². The van der Waals surface area contributed by atoms with Gasteiger partial charge in [-0.15, -0.1) is 0 Å². The van der Waals surface area contributed by atoms with Crippen LogP contribution in [0.5, 0.6) is 0 Å². The van der Waals surface area contributed by atoms with Gasteiger partial charge in [-0.3, -0.25) is 0 Å². The summed E-state index contributed by atoms with van der Waals surface area (Å²) in [7, 11) is 0. The smallest absolute Gasteiger partial charge is 0.0206 e. The van der Waals surface area contributed by atoms with E-state index in [-0.39, 0.29) is 0 Å². The van der Waals surface area contributed by atoms with Crippen LogP contribution in [0.4, 0.5) is 0 Å². The number of hydrogen-bond donors (Lipinski definition) is 4. The van der Waals surface area contributed by atoms with Gasteiger partial charge in [-0.2, -0.15) is 0 Å². The molecule has 6 N–H and O–H groups in total. The van der Waals surface area contributed by atoms with Gasteiger partial charge in [-0.1, -0.05) is 24.3 Å². The van der Waals surface area contributed by atoms with Gasteiger partial charge in [-0.05, 0) is 11.1 Å². The number of rotatable bonds is 8. The first-order valence-electron chi connectivity index (χ1n) is 5.76. The highest BCUT2D eigenvalue weighted by atomic mass is 14.9. The van der Waals surface area contributed by atoms with E-state index in [1.165, 1.54) is 11.1 Å². The molecular formula is C12H22N4. The van der Waals surface area contributed by atoms with Crippen LogP contribution in [0, 0.1) is 0 Å². The normalized spacial score (nSPS) is 10.6. The monoisotopic (exact) mass is 222 g/mol. The standard InChI is InChI=1S/C12H22N4/c13-4-6-15-9-11-2-1-3-12(8-11)10-16-7-5-14/h1-3,8,15-16H,4-7,9-10,13-14H2. The van der Waals surface area contributed by atoms with E-state index >= 15 is 0 Å². The van der Waals surface area contributed by atoms with Gasteiger partial charge < -0.3 is 22.1 Å². The summed E-state index contributed by atoms with van der Waals surface area (Å²) in [5.41, 5.74) is 13.4. The van der Waals surface area contributed by atoms with E-state index in [4.69, 9.17) is 11.5 Å². The van der Waals surface area contributed by atoms with Crippen molar-refractivity contribution in [3.8, 4) is 0 Å². The molecule has 0 aliphatic heterocycles. The van der Waals surface area contributed by atoms with Crippen LogP contribution in [-0.2, 0) is 13.1 Å². The molecule has 0 saturated heterocycles. The predicted octanol–water partition coefficient (Wildman–Crippen LogP) is -0.217. The van der Waals surface area contributed by atoms with Crippen molar-refractivity contribution < 1.29 is 0 Å². The van der Waals surface area contributed by atoms with Crippen LogP contribution in [0.1, 0.15) is 11.1 Å². The Morgan fingerprint density at radius 1 is 0.875 bits per heavy atom. The Bertz CT molecular complexity index is 263. The molecule has 16 heavy (non-hydrogen) atoms.